The Hall–Kier alpha value is -1.88. The number of hydrogen-bond donors (Lipinski definition) is 1. The van der Waals surface area contributed by atoms with Crippen LogP contribution in [0.25, 0.3) is 0 Å². The Labute approximate surface area is 133 Å². The Morgan fingerprint density at radius 2 is 2.18 bits per heavy atom. The van der Waals surface area contributed by atoms with E-state index in [0.717, 1.165) is 18.9 Å². The quantitative estimate of drug-likeness (QED) is 0.941. The summed E-state index contributed by atoms with van der Waals surface area (Å²) < 4.78 is 14.9. The molecule has 1 heterocycles. The van der Waals surface area contributed by atoms with E-state index >= 15 is 0 Å². The highest BCUT2D eigenvalue weighted by atomic mass is 35.5. The minimum absolute atomic E-state index is 0.119. The molecule has 0 aliphatic heterocycles. The third kappa shape index (κ3) is 3.14. The maximum atomic E-state index is 13.0. The number of hydrogen-bond acceptors (Lipinski definition) is 2. The second-order valence-electron chi connectivity index (χ2n) is 5.43. The molecular weight excluding hydrogens is 305 g/mol. The molecular formula is C16H17ClFN3O. The van der Waals surface area contributed by atoms with E-state index in [1.807, 2.05) is 10.9 Å². The van der Waals surface area contributed by atoms with Crippen molar-refractivity contribution in [1.29, 1.82) is 0 Å². The van der Waals surface area contributed by atoms with Crippen LogP contribution in [0.2, 0.25) is 5.02 Å². The molecule has 2 aromatic rings. The standard InChI is InChI=1S/C16H17ClFN3O/c17-14-9-12(18)5-6-13(14)16(22)19-7-8-21-15-4-2-1-3-11(15)10-20-21/h5-6,9-10H,1-4,7-8H2,(H,19,22). The Balaban J connectivity index is 1.59. The van der Waals surface area contributed by atoms with Gasteiger partial charge in [-0.1, -0.05) is 11.6 Å². The lowest BCUT2D eigenvalue weighted by molar-refractivity contribution is 0.0952. The van der Waals surface area contributed by atoms with Gasteiger partial charge in [0.2, 0.25) is 0 Å². The molecule has 0 saturated heterocycles. The van der Waals surface area contributed by atoms with Gasteiger partial charge in [0.1, 0.15) is 5.82 Å². The molecule has 0 saturated carbocycles. The summed E-state index contributed by atoms with van der Waals surface area (Å²) in [7, 11) is 0. The van der Waals surface area contributed by atoms with Crippen LogP contribution < -0.4 is 5.32 Å². The van der Waals surface area contributed by atoms with Crippen LogP contribution in [0.4, 0.5) is 4.39 Å². The highest BCUT2D eigenvalue weighted by Crippen LogP contribution is 2.20. The van der Waals surface area contributed by atoms with Crippen molar-refractivity contribution in [2.75, 3.05) is 6.54 Å². The number of carbonyl (C=O) groups excluding carboxylic acids is 1. The number of halogens is 2. The number of carbonyl (C=O) groups is 1. The van der Waals surface area contributed by atoms with E-state index in [1.54, 1.807) is 0 Å². The average molecular weight is 322 g/mol. The molecule has 1 aromatic carbocycles. The topological polar surface area (TPSA) is 46.9 Å². The fourth-order valence-corrected chi connectivity index (χ4v) is 3.05. The number of nitrogens with one attached hydrogen (secondary N) is 1. The first-order chi connectivity index (χ1) is 10.6. The number of nitrogens with zero attached hydrogens (tertiary/aromatic N) is 2. The maximum absolute atomic E-state index is 13.0. The first-order valence-electron chi connectivity index (χ1n) is 7.42. The van der Waals surface area contributed by atoms with Crippen molar-refractivity contribution >= 4 is 17.5 Å². The molecule has 1 amide bonds. The third-order valence-electron chi connectivity index (χ3n) is 3.93. The number of aromatic nitrogens is 2. The Morgan fingerprint density at radius 3 is 3.00 bits per heavy atom. The monoisotopic (exact) mass is 321 g/mol. The summed E-state index contributed by atoms with van der Waals surface area (Å²) >= 11 is 5.88. The van der Waals surface area contributed by atoms with Crippen LogP contribution in [-0.4, -0.2) is 22.2 Å². The molecule has 4 nitrogen and oxygen atoms in total. The van der Waals surface area contributed by atoms with Crippen molar-refractivity contribution in [3.63, 3.8) is 0 Å². The van der Waals surface area contributed by atoms with Crippen molar-refractivity contribution < 1.29 is 9.18 Å². The highest BCUT2D eigenvalue weighted by molar-refractivity contribution is 6.33. The zero-order valence-electron chi connectivity index (χ0n) is 12.1. The number of benzene rings is 1. The largest absolute Gasteiger partial charge is 0.350 e. The third-order valence-corrected chi connectivity index (χ3v) is 4.24. The maximum Gasteiger partial charge on any atom is 0.252 e. The summed E-state index contributed by atoms with van der Waals surface area (Å²) in [6.45, 7) is 1.08. The van der Waals surface area contributed by atoms with Crippen molar-refractivity contribution in [2.45, 2.75) is 32.2 Å². The van der Waals surface area contributed by atoms with E-state index in [1.165, 1.54) is 36.2 Å². The SMILES string of the molecule is O=C(NCCn1ncc2c1CCCC2)c1ccc(F)cc1Cl. The molecule has 0 fully saturated rings. The molecule has 22 heavy (non-hydrogen) atoms. The normalized spacial score (nSPS) is 13.7. The van der Waals surface area contributed by atoms with E-state index in [9.17, 15) is 9.18 Å². The van der Waals surface area contributed by atoms with Gasteiger partial charge in [0.15, 0.2) is 0 Å². The van der Waals surface area contributed by atoms with Gasteiger partial charge < -0.3 is 5.32 Å². The number of fused-ring (bicyclic) bond motifs is 1. The molecule has 1 aliphatic rings. The number of aryl methyl sites for hydroxylation is 1. The Kier molecular flexibility index (Phi) is 4.43. The number of amides is 1. The van der Waals surface area contributed by atoms with Gasteiger partial charge in [0, 0.05) is 12.2 Å². The molecule has 1 aromatic heterocycles. The van der Waals surface area contributed by atoms with Gasteiger partial charge in [-0.15, -0.1) is 0 Å². The van der Waals surface area contributed by atoms with Crippen molar-refractivity contribution in [2.24, 2.45) is 0 Å². The minimum Gasteiger partial charge on any atom is -0.350 e. The minimum atomic E-state index is -0.454. The predicted molar refractivity (Wildman–Crippen MR) is 82.6 cm³/mol. The predicted octanol–water partition coefficient (Wildman–Crippen LogP) is 2.98. The fourth-order valence-electron chi connectivity index (χ4n) is 2.79. The first-order valence-corrected chi connectivity index (χ1v) is 7.80. The molecule has 0 radical (unpaired) electrons. The molecule has 6 heteroatoms. The van der Waals surface area contributed by atoms with Gasteiger partial charge in [0.25, 0.3) is 5.91 Å². The molecule has 0 atom stereocenters. The van der Waals surface area contributed by atoms with Crippen LogP contribution in [-0.2, 0) is 19.4 Å². The zero-order chi connectivity index (χ0) is 15.5. The fraction of sp³-hybridized carbons (Fsp3) is 0.375. The average Bonchev–Trinajstić information content (AvgIpc) is 2.90. The van der Waals surface area contributed by atoms with Gasteiger partial charge in [-0.05, 0) is 49.4 Å². The molecule has 116 valence electrons. The van der Waals surface area contributed by atoms with Gasteiger partial charge in [-0.3, -0.25) is 9.48 Å². The molecule has 0 spiro atoms. The smallest absolute Gasteiger partial charge is 0.252 e. The summed E-state index contributed by atoms with van der Waals surface area (Å²) in [5.74, 6) is -0.754. The molecule has 1 N–H and O–H groups in total. The van der Waals surface area contributed by atoms with Crippen molar-refractivity contribution in [1.82, 2.24) is 15.1 Å². The molecule has 0 bridgehead atoms. The lowest BCUT2D eigenvalue weighted by Gasteiger charge is -2.14. The van der Waals surface area contributed by atoms with Crippen LogP contribution in [0.1, 0.15) is 34.5 Å². The van der Waals surface area contributed by atoms with Crippen LogP contribution >= 0.6 is 11.6 Å². The molecule has 1 aliphatic carbocycles. The van der Waals surface area contributed by atoms with Crippen molar-refractivity contribution in [3.8, 4) is 0 Å². The molecule has 3 rings (SSSR count). The van der Waals surface area contributed by atoms with E-state index in [-0.39, 0.29) is 16.5 Å². The van der Waals surface area contributed by atoms with E-state index < -0.39 is 5.82 Å². The summed E-state index contributed by atoms with van der Waals surface area (Å²) in [5, 5.41) is 7.30. The first kappa shape index (κ1) is 15.0. The van der Waals surface area contributed by atoms with Crippen LogP contribution in [0.15, 0.2) is 24.4 Å². The van der Waals surface area contributed by atoms with Gasteiger partial charge >= 0.3 is 0 Å². The van der Waals surface area contributed by atoms with E-state index in [0.29, 0.717) is 13.1 Å². The summed E-state index contributed by atoms with van der Waals surface area (Å²) in [6.07, 6.45) is 6.47. The lowest BCUT2D eigenvalue weighted by atomic mass is 9.98. The van der Waals surface area contributed by atoms with Gasteiger partial charge in [0.05, 0.1) is 23.3 Å². The van der Waals surface area contributed by atoms with E-state index in [2.05, 4.69) is 10.4 Å². The Bertz CT molecular complexity index is 699. The zero-order valence-corrected chi connectivity index (χ0v) is 12.9. The Morgan fingerprint density at radius 1 is 1.36 bits per heavy atom. The number of rotatable bonds is 4. The van der Waals surface area contributed by atoms with Crippen LogP contribution in [0.3, 0.4) is 0 Å². The second kappa shape index (κ2) is 6.48. The summed E-state index contributed by atoms with van der Waals surface area (Å²) in [6, 6.07) is 3.76. The van der Waals surface area contributed by atoms with Gasteiger partial charge in [-0.25, -0.2) is 4.39 Å². The lowest BCUT2D eigenvalue weighted by Crippen LogP contribution is -2.28. The van der Waals surface area contributed by atoms with Crippen LogP contribution in [0, 0.1) is 5.82 Å². The molecule has 0 unspecified atom stereocenters. The van der Waals surface area contributed by atoms with Crippen LogP contribution in [0.5, 0.6) is 0 Å². The van der Waals surface area contributed by atoms with E-state index in [4.69, 9.17) is 11.6 Å². The summed E-state index contributed by atoms with van der Waals surface area (Å²) in [4.78, 5) is 12.0. The van der Waals surface area contributed by atoms with Crippen molar-refractivity contribution in [3.05, 3.63) is 52.1 Å². The highest BCUT2D eigenvalue weighted by Gasteiger charge is 2.15. The second-order valence-corrected chi connectivity index (χ2v) is 5.83. The summed E-state index contributed by atoms with van der Waals surface area (Å²) in [5.41, 5.74) is 2.88. The van der Waals surface area contributed by atoms with Gasteiger partial charge in [-0.2, -0.15) is 5.10 Å².